The van der Waals surface area contributed by atoms with Crippen molar-refractivity contribution in [2.45, 2.75) is 6.54 Å². The molecule has 0 aliphatic heterocycles. The summed E-state index contributed by atoms with van der Waals surface area (Å²) in [5.74, 6) is -0.405. The molecule has 3 rings (SSSR count). The van der Waals surface area contributed by atoms with Crippen molar-refractivity contribution in [3.8, 4) is 0 Å². The molecule has 1 aromatic carbocycles. The van der Waals surface area contributed by atoms with Gasteiger partial charge in [0.15, 0.2) is 5.65 Å². The van der Waals surface area contributed by atoms with Gasteiger partial charge in [0.25, 0.3) is 0 Å². The molecular formula is C16H16N4O3. The maximum Gasteiger partial charge on any atom is 0.350 e. The number of nitrogens with zero attached hydrogens (tertiary/aromatic N) is 3. The molecule has 23 heavy (non-hydrogen) atoms. The quantitative estimate of drug-likeness (QED) is 0.721. The third kappa shape index (κ3) is 2.94. The predicted molar refractivity (Wildman–Crippen MR) is 85.7 cm³/mol. The van der Waals surface area contributed by atoms with Crippen molar-refractivity contribution in [2.75, 3.05) is 19.0 Å². The van der Waals surface area contributed by atoms with Gasteiger partial charge in [-0.3, -0.25) is 4.40 Å². The molecule has 7 nitrogen and oxygen atoms in total. The van der Waals surface area contributed by atoms with Crippen LogP contribution in [0, 0.1) is 0 Å². The maximum atomic E-state index is 12.2. The van der Waals surface area contributed by atoms with Crippen molar-refractivity contribution >= 4 is 17.3 Å². The fraction of sp³-hybridized carbons (Fsp3) is 0.188. The smallest absolute Gasteiger partial charge is 0.350 e. The molecule has 2 heterocycles. The van der Waals surface area contributed by atoms with Gasteiger partial charge in [0.2, 0.25) is 0 Å². The number of para-hydroxylation sites is 1. The van der Waals surface area contributed by atoms with E-state index < -0.39 is 5.97 Å². The van der Waals surface area contributed by atoms with E-state index in [2.05, 4.69) is 10.4 Å². The second-order valence-electron chi connectivity index (χ2n) is 4.90. The molecule has 0 aliphatic rings. The first-order valence-corrected chi connectivity index (χ1v) is 7.16. The van der Waals surface area contributed by atoms with Crippen LogP contribution in [0.1, 0.15) is 10.4 Å². The minimum Gasteiger partial charge on any atom is -0.465 e. The predicted octanol–water partition coefficient (Wildman–Crippen LogP) is 1.39. The number of esters is 1. The van der Waals surface area contributed by atoms with E-state index in [0.717, 1.165) is 0 Å². The van der Waals surface area contributed by atoms with Crippen LogP contribution in [-0.2, 0) is 11.3 Å². The summed E-state index contributed by atoms with van der Waals surface area (Å²) in [6.07, 6.45) is 1.68. The highest BCUT2D eigenvalue weighted by atomic mass is 16.5. The van der Waals surface area contributed by atoms with Gasteiger partial charge in [-0.05, 0) is 24.3 Å². The SMILES string of the molecule is COC(=O)c1ccccc1NCCn1nc2ccccn2c1=O. The molecule has 0 amide bonds. The lowest BCUT2D eigenvalue weighted by atomic mass is 10.2. The molecule has 0 radical (unpaired) electrons. The molecule has 7 heteroatoms. The molecule has 0 saturated carbocycles. The van der Waals surface area contributed by atoms with E-state index in [1.54, 1.807) is 36.5 Å². The van der Waals surface area contributed by atoms with Crippen molar-refractivity contribution in [2.24, 2.45) is 0 Å². The number of methoxy groups -OCH3 is 1. The molecule has 0 fully saturated rings. The summed E-state index contributed by atoms with van der Waals surface area (Å²) in [4.78, 5) is 23.9. The standard InChI is InChI=1S/C16H16N4O3/c1-23-15(21)12-6-2-3-7-13(12)17-9-11-20-16(22)19-10-5-4-8-14(19)18-20/h2-8,10,17H,9,11H2,1H3. The number of rotatable bonds is 5. The number of aromatic nitrogens is 3. The average molecular weight is 312 g/mol. The molecule has 0 unspecified atom stereocenters. The first kappa shape index (κ1) is 14.8. The van der Waals surface area contributed by atoms with Crippen molar-refractivity contribution in [3.05, 3.63) is 64.7 Å². The van der Waals surface area contributed by atoms with Crippen LogP contribution in [0.2, 0.25) is 0 Å². The number of ether oxygens (including phenoxy) is 1. The molecule has 2 aromatic heterocycles. The van der Waals surface area contributed by atoms with Crippen molar-refractivity contribution in [1.82, 2.24) is 14.2 Å². The molecule has 0 bridgehead atoms. The van der Waals surface area contributed by atoms with Gasteiger partial charge in [0.1, 0.15) is 0 Å². The van der Waals surface area contributed by atoms with E-state index in [1.807, 2.05) is 12.1 Å². The highest BCUT2D eigenvalue weighted by Gasteiger charge is 2.11. The molecule has 0 atom stereocenters. The first-order chi connectivity index (χ1) is 11.2. The molecule has 118 valence electrons. The zero-order valence-corrected chi connectivity index (χ0v) is 12.6. The number of nitrogens with one attached hydrogen (secondary N) is 1. The van der Waals surface area contributed by atoms with Crippen LogP contribution in [0.5, 0.6) is 0 Å². The molecule has 0 spiro atoms. The highest BCUT2D eigenvalue weighted by Crippen LogP contribution is 2.15. The van der Waals surface area contributed by atoms with Gasteiger partial charge in [-0.2, -0.15) is 0 Å². The molecular weight excluding hydrogens is 296 g/mol. The Morgan fingerprint density at radius 3 is 2.78 bits per heavy atom. The Morgan fingerprint density at radius 2 is 2.00 bits per heavy atom. The number of carbonyl (C=O) groups excluding carboxylic acids is 1. The van der Waals surface area contributed by atoms with E-state index in [1.165, 1.54) is 16.2 Å². The minimum absolute atomic E-state index is 0.191. The maximum absolute atomic E-state index is 12.2. The van der Waals surface area contributed by atoms with Gasteiger partial charge in [-0.15, -0.1) is 5.10 Å². The van der Waals surface area contributed by atoms with E-state index in [9.17, 15) is 9.59 Å². The average Bonchev–Trinajstić information content (AvgIpc) is 2.91. The number of pyridine rings is 1. The van der Waals surface area contributed by atoms with E-state index >= 15 is 0 Å². The Labute approximate surface area is 132 Å². The first-order valence-electron chi connectivity index (χ1n) is 7.16. The van der Waals surface area contributed by atoms with Gasteiger partial charge >= 0.3 is 11.7 Å². The number of benzene rings is 1. The van der Waals surface area contributed by atoms with Crippen LogP contribution in [-0.4, -0.2) is 33.8 Å². The van der Waals surface area contributed by atoms with Crippen LogP contribution in [0.4, 0.5) is 5.69 Å². The lowest BCUT2D eigenvalue weighted by Crippen LogP contribution is -2.24. The van der Waals surface area contributed by atoms with Gasteiger partial charge in [-0.25, -0.2) is 14.3 Å². The number of fused-ring (bicyclic) bond motifs is 1. The van der Waals surface area contributed by atoms with E-state index in [4.69, 9.17) is 4.74 Å². The Morgan fingerprint density at radius 1 is 1.22 bits per heavy atom. The summed E-state index contributed by atoms with van der Waals surface area (Å²) in [5, 5.41) is 7.39. The van der Waals surface area contributed by atoms with Crippen LogP contribution in [0.15, 0.2) is 53.5 Å². The van der Waals surface area contributed by atoms with E-state index in [0.29, 0.717) is 30.0 Å². The van der Waals surface area contributed by atoms with Crippen LogP contribution < -0.4 is 11.0 Å². The molecule has 3 aromatic rings. The topological polar surface area (TPSA) is 77.6 Å². The summed E-state index contributed by atoms with van der Waals surface area (Å²) in [7, 11) is 1.34. The Hall–Kier alpha value is -3.09. The second kappa shape index (κ2) is 6.35. The lowest BCUT2D eigenvalue weighted by Gasteiger charge is -2.10. The summed E-state index contributed by atoms with van der Waals surface area (Å²) >= 11 is 0. The Balaban J connectivity index is 1.73. The summed E-state index contributed by atoms with van der Waals surface area (Å²) in [6, 6.07) is 12.5. The van der Waals surface area contributed by atoms with Gasteiger partial charge in [-0.1, -0.05) is 18.2 Å². The minimum atomic E-state index is -0.405. The van der Waals surface area contributed by atoms with Crippen molar-refractivity contribution < 1.29 is 9.53 Å². The highest BCUT2D eigenvalue weighted by molar-refractivity contribution is 5.95. The number of carbonyl (C=O) groups is 1. The molecule has 0 saturated heterocycles. The Bertz CT molecular complexity index is 897. The van der Waals surface area contributed by atoms with Crippen LogP contribution >= 0.6 is 0 Å². The number of hydrogen-bond donors (Lipinski definition) is 1. The van der Waals surface area contributed by atoms with Crippen molar-refractivity contribution in [1.29, 1.82) is 0 Å². The van der Waals surface area contributed by atoms with Gasteiger partial charge in [0, 0.05) is 18.4 Å². The fourth-order valence-electron chi connectivity index (χ4n) is 2.34. The third-order valence-corrected chi connectivity index (χ3v) is 3.46. The van der Waals surface area contributed by atoms with Crippen LogP contribution in [0.3, 0.4) is 0 Å². The number of anilines is 1. The van der Waals surface area contributed by atoms with Crippen molar-refractivity contribution in [3.63, 3.8) is 0 Å². The number of hydrogen-bond acceptors (Lipinski definition) is 5. The third-order valence-electron chi connectivity index (χ3n) is 3.46. The second-order valence-corrected chi connectivity index (χ2v) is 4.90. The fourth-order valence-corrected chi connectivity index (χ4v) is 2.34. The summed E-state index contributed by atoms with van der Waals surface area (Å²) in [6.45, 7) is 0.841. The van der Waals surface area contributed by atoms with Gasteiger partial charge in [0.05, 0.1) is 19.2 Å². The summed E-state index contributed by atoms with van der Waals surface area (Å²) in [5.41, 5.74) is 1.53. The van der Waals surface area contributed by atoms with Crippen LogP contribution in [0.25, 0.3) is 5.65 Å². The normalized spacial score (nSPS) is 10.7. The zero-order valence-electron chi connectivity index (χ0n) is 12.6. The van der Waals surface area contributed by atoms with Gasteiger partial charge < -0.3 is 10.1 Å². The molecule has 1 N–H and O–H groups in total. The monoisotopic (exact) mass is 312 g/mol. The summed E-state index contributed by atoms with van der Waals surface area (Å²) < 4.78 is 7.63. The Kier molecular flexibility index (Phi) is 4.09. The zero-order chi connectivity index (χ0) is 16.2. The molecule has 0 aliphatic carbocycles. The van der Waals surface area contributed by atoms with E-state index in [-0.39, 0.29) is 5.69 Å². The lowest BCUT2D eigenvalue weighted by molar-refractivity contribution is 0.0602. The largest absolute Gasteiger partial charge is 0.465 e.